The summed E-state index contributed by atoms with van der Waals surface area (Å²) < 4.78 is 24.2. The molecule has 0 bridgehead atoms. The summed E-state index contributed by atoms with van der Waals surface area (Å²) >= 11 is 2.01. The molecule has 1 rings (SSSR count). The summed E-state index contributed by atoms with van der Waals surface area (Å²) in [6.45, 7) is 6.23. The first-order valence-corrected chi connectivity index (χ1v) is 9.13. The Morgan fingerprint density at radius 2 is 2.18 bits per heavy atom. The Labute approximate surface area is 110 Å². The van der Waals surface area contributed by atoms with Crippen molar-refractivity contribution in [2.45, 2.75) is 38.0 Å². The van der Waals surface area contributed by atoms with Crippen molar-refractivity contribution in [3.8, 4) is 0 Å². The van der Waals surface area contributed by atoms with Crippen LogP contribution in [0.25, 0.3) is 0 Å². The lowest BCUT2D eigenvalue weighted by Crippen LogP contribution is -2.35. The smallest absolute Gasteiger partial charge is 0.211 e. The Morgan fingerprint density at radius 3 is 2.65 bits per heavy atom. The largest absolute Gasteiger partial charge is 0.313 e. The highest BCUT2D eigenvalue weighted by Crippen LogP contribution is 2.25. The lowest BCUT2D eigenvalue weighted by molar-refractivity contribution is 0.412. The van der Waals surface area contributed by atoms with Gasteiger partial charge in [-0.1, -0.05) is 13.8 Å². The van der Waals surface area contributed by atoms with E-state index in [1.54, 1.807) is 0 Å². The summed E-state index contributed by atoms with van der Waals surface area (Å²) in [5.41, 5.74) is 0. The second kappa shape index (κ2) is 6.97. The Bertz CT molecular complexity index is 319. The molecule has 0 aliphatic carbocycles. The van der Waals surface area contributed by atoms with Crippen molar-refractivity contribution in [3.05, 3.63) is 0 Å². The van der Waals surface area contributed by atoms with E-state index in [2.05, 4.69) is 12.2 Å². The van der Waals surface area contributed by atoms with Gasteiger partial charge in [0.15, 0.2) is 0 Å². The van der Waals surface area contributed by atoms with Gasteiger partial charge in [0.25, 0.3) is 0 Å². The molecular weight excluding hydrogens is 256 g/mol. The number of hydrogen-bond acceptors (Lipinski definition) is 4. The summed E-state index contributed by atoms with van der Waals surface area (Å²) in [7, 11) is -3.02. The van der Waals surface area contributed by atoms with Gasteiger partial charge >= 0.3 is 0 Å². The quantitative estimate of drug-likeness (QED) is 0.711. The molecular formula is C11H24N2O2S2. The van der Waals surface area contributed by atoms with E-state index in [4.69, 9.17) is 0 Å². The maximum Gasteiger partial charge on any atom is 0.211 e. The van der Waals surface area contributed by atoms with Crippen LogP contribution >= 0.6 is 11.8 Å². The van der Waals surface area contributed by atoms with Crippen LogP contribution in [-0.4, -0.2) is 55.7 Å². The van der Waals surface area contributed by atoms with Crippen molar-refractivity contribution < 1.29 is 8.42 Å². The van der Waals surface area contributed by atoms with E-state index in [0.29, 0.717) is 19.1 Å². The van der Waals surface area contributed by atoms with Crippen LogP contribution in [0.15, 0.2) is 0 Å². The molecule has 1 aliphatic heterocycles. The second-order valence-corrected chi connectivity index (χ2v) is 8.09. The highest BCUT2D eigenvalue weighted by atomic mass is 32.2. The third-order valence-electron chi connectivity index (χ3n) is 3.04. The molecule has 1 heterocycles. The molecule has 0 aromatic carbocycles. The number of hydrogen-bond donors (Lipinski definition) is 1. The molecule has 0 aromatic rings. The van der Waals surface area contributed by atoms with Crippen molar-refractivity contribution in [1.29, 1.82) is 0 Å². The molecule has 0 radical (unpaired) electrons. The van der Waals surface area contributed by atoms with Crippen LogP contribution < -0.4 is 5.32 Å². The van der Waals surface area contributed by atoms with Crippen molar-refractivity contribution in [3.63, 3.8) is 0 Å². The normalized spacial score (nSPS) is 25.6. The first-order chi connectivity index (χ1) is 7.93. The van der Waals surface area contributed by atoms with Crippen LogP contribution in [0.2, 0.25) is 0 Å². The number of rotatable bonds is 7. The van der Waals surface area contributed by atoms with E-state index < -0.39 is 10.0 Å². The molecule has 0 aromatic heterocycles. The maximum atomic E-state index is 11.4. The van der Waals surface area contributed by atoms with E-state index in [1.165, 1.54) is 22.7 Å². The van der Waals surface area contributed by atoms with Crippen LogP contribution in [0.3, 0.4) is 0 Å². The van der Waals surface area contributed by atoms with Crippen molar-refractivity contribution in [1.82, 2.24) is 9.62 Å². The van der Waals surface area contributed by atoms with Gasteiger partial charge in [-0.15, -0.1) is 0 Å². The van der Waals surface area contributed by atoms with Gasteiger partial charge in [-0.3, -0.25) is 0 Å². The van der Waals surface area contributed by atoms with Crippen molar-refractivity contribution in [2.24, 2.45) is 0 Å². The molecule has 2 unspecified atom stereocenters. The summed E-state index contributed by atoms with van der Waals surface area (Å²) in [5.74, 6) is 1.19. The summed E-state index contributed by atoms with van der Waals surface area (Å²) in [5, 5.41) is 4.26. The summed E-state index contributed by atoms with van der Waals surface area (Å²) in [4.78, 5) is 0. The highest BCUT2D eigenvalue weighted by molar-refractivity contribution is 8.00. The molecule has 1 saturated heterocycles. The molecule has 102 valence electrons. The second-order valence-electron chi connectivity index (χ2n) is 4.64. The molecule has 0 saturated carbocycles. The van der Waals surface area contributed by atoms with Crippen LogP contribution in [0.4, 0.5) is 0 Å². The molecule has 17 heavy (non-hydrogen) atoms. The average Bonchev–Trinajstić information content (AvgIpc) is 2.62. The maximum absolute atomic E-state index is 11.4. The fourth-order valence-corrected chi connectivity index (χ4v) is 4.19. The lowest BCUT2D eigenvalue weighted by atomic mass is 10.2. The third-order valence-corrected chi connectivity index (χ3v) is 5.77. The minimum absolute atomic E-state index is 0.565. The summed E-state index contributed by atoms with van der Waals surface area (Å²) in [6.07, 6.45) is 3.39. The standard InChI is InChI=1S/C11H24N2O2S2/c1-4-13(17(3,14)15)7-5-6-12-11-8-10(2)16-9-11/h10-12H,4-9H2,1-3H3. The van der Waals surface area contributed by atoms with Gasteiger partial charge in [0.05, 0.1) is 6.26 Å². The van der Waals surface area contributed by atoms with E-state index >= 15 is 0 Å². The molecule has 1 aliphatic rings. The third kappa shape index (κ3) is 5.59. The molecule has 0 amide bonds. The van der Waals surface area contributed by atoms with Gasteiger partial charge in [-0.25, -0.2) is 12.7 Å². The Kier molecular flexibility index (Phi) is 6.26. The molecule has 1 N–H and O–H groups in total. The van der Waals surface area contributed by atoms with Gasteiger partial charge in [-0.05, 0) is 19.4 Å². The highest BCUT2D eigenvalue weighted by Gasteiger charge is 2.21. The van der Waals surface area contributed by atoms with E-state index in [1.807, 2.05) is 18.7 Å². The monoisotopic (exact) mass is 280 g/mol. The van der Waals surface area contributed by atoms with Gasteiger partial charge in [0, 0.05) is 30.1 Å². The lowest BCUT2D eigenvalue weighted by Gasteiger charge is -2.18. The zero-order valence-electron chi connectivity index (χ0n) is 11.0. The molecule has 2 atom stereocenters. The van der Waals surface area contributed by atoms with Crippen LogP contribution in [0.1, 0.15) is 26.7 Å². The van der Waals surface area contributed by atoms with Gasteiger partial charge < -0.3 is 5.32 Å². The SMILES string of the molecule is CCN(CCCNC1CSC(C)C1)S(C)(=O)=O. The number of nitrogens with one attached hydrogen (secondary N) is 1. The first kappa shape index (κ1) is 15.3. The summed E-state index contributed by atoms with van der Waals surface area (Å²) in [6, 6.07) is 0.614. The van der Waals surface area contributed by atoms with Crippen LogP contribution in [0, 0.1) is 0 Å². The fraction of sp³-hybridized carbons (Fsp3) is 1.00. The zero-order chi connectivity index (χ0) is 12.9. The topological polar surface area (TPSA) is 49.4 Å². The van der Waals surface area contributed by atoms with Crippen LogP contribution in [-0.2, 0) is 10.0 Å². The van der Waals surface area contributed by atoms with Crippen LogP contribution in [0.5, 0.6) is 0 Å². The zero-order valence-corrected chi connectivity index (χ0v) is 12.6. The molecule has 4 nitrogen and oxygen atoms in total. The van der Waals surface area contributed by atoms with E-state index in [-0.39, 0.29) is 0 Å². The van der Waals surface area contributed by atoms with Crippen molar-refractivity contribution >= 4 is 21.8 Å². The predicted octanol–water partition coefficient (Wildman–Crippen LogP) is 1.14. The number of thioether (sulfide) groups is 1. The fourth-order valence-electron chi connectivity index (χ4n) is 2.08. The van der Waals surface area contributed by atoms with Crippen molar-refractivity contribution in [2.75, 3.05) is 31.6 Å². The van der Waals surface area contributed by atoms with E-state index in [0.717, 1.165) is 18.2 Å². The number of nitrogens with zero attached hydrogens (tertiary/aromatic N) is 1. The average molecular weight is 280 g/mol. The van der Waals surface area contributed by atoms with E-state index in [9.17, 15) is 8.42 Å². The first-order valence-electron chi connectivity index (χ1n) is 6.23. The molecule has 6 heteroatoms. The Hall–Kier alpha value is 0.220. The molecule has 1 fully saturated rings. The van der Waals surface area contributed by atoms with Gasteiger partial charge in [0.2, 0.25) is 10.0 Å². The predicted molar refractivity (Wildman–Crippen MR) is 75.0 cm³/mol. The minimum atomic E-state index is -3.02. The molecule has 0 spiro atoms. The minimum Gasteiger partial charge on any atom is -0.313 e. The Morgan fingerprint density at radius 1 is 1.47 bits per heavy atom. The van der Waals surface area contributed by atoms with Gasteiger partial charge in [0.1, 0.15) is 0 Å². The number of sulfonamides is 1. The Balaban J connectivity index is 2.15. The van der Waals surface area contributed by atoms with Gasteiger partial charge in [-0.2, -0.15) is 11.8 Å².